The second-order valence-electron chi connectivity index (χ2n) is 4.16. The number of nitrogens with two attached hydrogens (primary N) is 1. The predicted octanol–water partition coefficient (Wildman–Crippen LogP) is 2.33. The van der Waals surface area contributed by atoms with Crippen molar-refractivity contribution in [3.63, 3.8) is 0 Å². The lowest BCUT2D eigenvalue weighted by atomic mass is 10.2. The maximum absolute atomic E-state index is 13.4. The quantitative estimate of drug-likeness (QED) is 0.941. The summed E-state index contributed by atoms with van der Waals surface area (Å²) in [4.78, 5) is -0.570. The first-order valence-corrected chi connectivity index (χ1v) is 7.21. The van der Waals surface area contributed by atoms with Crippen molar-refractivity contribution in [1.82, 2.24) is 0 Å². The number of hydrogen-bond acceptors (Lipinski definition) is 3. The number of rotatable bonds is 4. The number of halogens is 3. The molecule has 21 heavy (non-hydrogen) atoms. The monoisotopic (exact) mass is 317 g/mol. The fourth-order valence-corrected chi connectivity index (χ4v) is 2.32. The molecule has 0 unspecified atom stereocenters. The topological polar surface area (TPSA) is 69.4 Å². The van der Waals surface area contributed by atoms with Gasteiger partial charge >= 0.3 is 0 Å². The summed E-state index contributed by atoms with van der Waals surface area (Å²) >= 11 is 0. The van der Waals surface area contributed by atoms with E-state index in [-0.39, 0.29) is 11.3 Å². The molecular weight excluding hydrogens is 307 g/mol. The molecule has 0 aliphatic heterocycles. The van der Waals surface area contributed by atoms with Gasteiger partial charge in [0.05, 0.1) is 0 Å². The van der Waals surface area contributed by atoms with Crippen LogP contribution >= 0.6 is 0 Å². The molecular formula is C13H10F3NO3S. The molecule has 0 aromatic heterocycles. The van der Waals surface area contributed by atoms with E-state index in [0.29, 0.717) is 6.07 Å². The van der Waals surface area contributed by atoms with E-state index in [2.05, 4.69) is 0 Å². The normalized spacial score (nSPS) is 11.4. The molecule has 8 heteroatoms. The highest BCUT2D eigenvalue weighted by Gasteiger charge is 2.17. The molecule has 0 atom stereocenters. The Bertz CT molecular complexity index is 778. The minimum atomic E-state index is -4.21. The first-order chi connectivity index (χ1) is 9.77. The van der Waals surface area contributed by atoms with Crippen molar-refractivity contribution in [2.45, 2.75) is 11.5 Å². The maximum Gasteiger partial charge on any atom is 0.241 e. The highest BCUT2D eigenvalue weighted by Crippen LogP contribution is 2.25. The van der Waals surface area contributed by atoms with Gasteiger partial charge in [-0.2, -0.15) is 0 Å². The molecule has 0 amide bonds. The van der Waals surface area contributed by atoms with E-state index in [0.717, 1.165) is 30.3 Å². The van der Waals surface area contributed by atoms with Crippen molar-refractivity contribution in [3.8, 4) is 5.75 Å². The molecule has 0 heterocycles. The Morgan fingerprint density at radius 1 is 1.00 bits per heavy atom. The summed E-state index contributed by atoms with van der Waals surface area (Å²) in [5.74, 6) is -2.44. The summed E-state index contributed by atoms with van der Waals surface area (Å²) in [6, 6.07) is 5.46. The van der Waals surface area contributed by atoms with Gasteiger partial charge in [0, 0.05) is 5.56 Å². The van der Waals surface area contributed by atoms with Gasteiger partial charge in [0.25, 0.3) is 0 Å². The van der Waals surface area contributed by atoms with Crippen LogP contribution in [0.15, 0.2) is 41.3 Å². The van der Waals surface area contributed by atoms with Crippen molar-refractivity contribution in [2.75, 3.05) is 0 Å². The predicted molar refractivity (Wildman–Crippen MR) is 68.5 cm³/mol. The van der Waals surface area contributed by atoms with Gasteiger partial charge in [0.1, 0.15) is 34.7 Å². The molecule has 112 valence electrons. The molecule has 2 aromatic carbocycles. The van der Waals surface area contributed by atoms with Gasteiger partial charge < -0.3 is 4.74 Å². The fraction of sp³-hybridized carbons (Fsp3) is 0.0769. The van der Waals surface area contributed by atoms with Gasteiger partial charge in [0.2, 0.25) is 10.0 Å². The van der Waals surface area contributed by atoms with Gasteiger partial charge in [-0.3, -0.25) is 0 Å². The Kier molecular flexibility index (Phi) is 4.19. The Balaban J connectivity index is 2.30. The average molecular weight is 317 g/mol. The molecule has 4 nitrogen and oxygen atoms in total. The molecule has 0 spiro atoms. The smallest absolute Gasteiger partial charge is 0.241 e. The molecule has 0 bridgehead atoms. The third kappa shape index (κ3) is 3.73. The van der Waals surface area contributed by atoms with Crippen LogP contribution in [0, 0.1) is 17.5 Å². The lowest BCUT2D eigenvalue weighted by Gasteiger charge is -2.11. The summed E-state index contributed by atoms with van der Waals surface area (Å²) in [7, 11) is -4.21. The zero-order chi connectivity index (χ0) is 15.6. The summed E-state index contributed by atoms with van der Waals surface area (Å²) in [5, 5.41) is 4.94. The van der Waals surface area contributed by atoms with Gasteiger partial charge in [0.15, 0.2) is 0 Å². The van der Waals surface area contributed by atoms with Crippen LogP contribution in [-0.4, -0.2) is 8.42 Å². The number of hydrogen-bond donors (Lipinski definition) is 1. The van der Waals surface area contributed by atoms with Crippen molar-refractivity contribution < 1.29 is 26.3 Å². The summed E-state index contributed by atoms with van der Waals surface area (Å²) in [6.07, 6.45) is 0. The summed E-state index contributed by atoms with van der Waals surface area (Å²) in [5.41, 5.74) is -0.111. The molecule has 0 aliphatic rings. The SMILES string of the molecule is NS(=O)(=O)c1cc(F)ccc1OCc1cc(F)ccc1F. The maximum atomic E-state index is 13.4. The summed E-state index contributed by atoms with van der Waals surface area (Å²) < 4.78 is 67.3. The first-order valence-electron chi connectivity index (χ1n) is 5.66. The minimum Gasteiger partial charge on any atom is -0.487 e. The van der Waals surface area contributed by atoms with Crippen molar-refractivity contribution in [1.29, 1.82) is 0 Å². The lowest BCUT2D eigenvalue weighted by Crippen LogP contribution is -2.14. The first kappa shape index (κ1) is 15.3. The Hall–Kier alpha value is -2.06. The highest BCUT2D eigenvalue weighted by atomic mass is 32.2. The zero-order valence-electron chi connectivity index (χ0n) is 10.5. The van der Waals surface area contributed by atoms with E-state index in [4.69, 9.17) is 9.88 Å². The Morgan fingerprint density at radius 3 is 2.29 bits per heavy atom. The van der Waals surface area contributed by atoms with E-state index >= 15 is 0 Å². The largest absolute Gasteiger partial charge is 0.487 e. The number of primary sulfonamides is 1. The van der Waals surface area contributed by atoms with Crippen molar-refractivity contribution in [3.05, 3.63) is 59.4 Å². The van der Waals surface area contributed by atoms with Crippen LogP contribution in [0.3, 0.4) is 0 Å². The summed E-state index contributed by atoms with van der Waals surface area (Å²) in [6.45, 7) is -0.433. The van der Waals surface area contributed by atoms with Crippen LogP contribution in [0.1, 0.15) is 5.56 Å². The van der Waals surface area contributed by atoms with Gasteiger partial charge in [-0.05, 0) is 36.4 Å². The second kappa shape index (κ2) is 5.74. The third-order valence-electron chi connectivity index (χ3n) is 2.60. The zero-order valence-corrected chi connectivity index (χ0v) is 11.3. The molecule has 0 saturated heterocycles. The molecule has 0 saturated carbocycles. The standard InChI is InChI=1S/C13H10F3NO3S/c14-9-1-3-11(16)8(5-9)7-20-12-4-2-10(15)6-13(12)21(17,18)19/h1-6H,7H2,(H2,17,18,19). The van der Waals surface area contributed by atoms with E-state index in [1.54, 1.807) is 0 Å². The van der Waals surface area contributed by atoms with Crippen LogP contribution < -0.4 is 9.88 Å². The van der Waals surface area contributed by atoms with Crippen molar-refractivity contribution in [2.24, 2.45) is 5.14 Å². The fourth-order valence-electron chi connectivity index (χ4n) is 1.63. The molecule has 2 rings (SSSR count). The van der Waals surface area contributed by atoms with E-state index in [9.17, 15) is 21.6 Å². The third-order valence-corrected chi connectivity index (χ3v) is 3.54. The van der Waals surface area contributed by atoms with Gasteiger partial charge in [-0.15, -0.1) is 0 Å². The van der Waals surface area contributed by atoms with Crippen molar-refractivity contribution >= 4 is 10.0 Å². The number of ether oxygens (including phenoxy) is 1. The Labute approximate surface area is 119 Å². The minimum absolute atomic E-state index is 0.111. The van der Waals surface area contributed by atoms with Crippen LogP contribution in [0.5, 0.6) is 5.75 Å². The molecule has 0 fully saturated rings. The van der Waals surface area contributed by atoms with Crippen LogP contribution in [0.25, 0.3) is 0 Å². The van der Waals surface area contributed by atoms with E-state index in [1.165, 1.54) is 0 Å². The highest BCUT2D eigenvalue weighted by molar-refractivity contribution is 7.89. The molecule has 0 radical (unpaired) electrons. The van der Waals surface area contributed by atoms with Crippen LogP contribution in [0.2, 0.25) is 0 Å². The van der Waals surface area contributed by atoms with E-state index < -0.39 is 39.0 Å². The van der Waals surface area contributed by atoms with Gasteiger partial charge in [-0.25, -0.2) is 26.7 Å². The Morgan fingerprint density at radius 2 is 1.62 bits per heavy atom. The number of benzene rings is 2. The molecule has 0 aliphatic carbocycles. The average Bonchev–Trinajstić information content (AvgIpc) is 2.40. The van der Waals surface area contributed by atoms with Crippen LogP contribution in [0.4, 0.5) is 13.2 Å². The van der Waals surface area contributed by atoms with Crippen LogP contribution in [-0.2, 0) is 16.6 Å². The second-order valence-corrected chi connectivity index (χ2v) is 5.69. The molecule has 2 N–H and O–H groups in total. The van der Waals surface area contributed by atoms with Gasteiger partial charge in [-0.1, -0.05) is 0 Å². The van der Waals surface area contributed by atoms with E-state index in [1.807, 2.05) is 0 Å². The molecule has 2 aromatic rings. The lowest BCUT2D eigenvalue weighted by molar-refractivity contribution is 0.290. The number of sulfonamides is 1.